The zero-order valence-corrected chi connectivity index (χ0v) is 25.1. The Balaban J connectivity index is 2.40. The lowest BCUT2D eigenvalue weighted by Crippen LogP contribution is -2.65. The van der Waals surface area contributed by atoms with Crippen molar-refractivity contribution in [3.63, 3.8) is 0 Å². The van der Waals surface area contributed by atoms with Crippen LogP contribution in [-0.4, -0.2) is 71.1 Å². The van der Waals surface area contributed by atoms with E-state index in [1.54, 1.807) is 20.8 Å². The number of aliphatic hydroxyl groups is 1. The molecule has 1 saturated heterocycles. The SMILES string of the molecule is CCCC(=O)OC1C[C@@H](OC(C)=O)[C@@]2(C)[C@@H](OC(C)=O)CC=C(C)[C@@H]2C(OC(C)=O)[C@@]2(O)[C@H](/C=C\1C)OC(=O)[C@@H]2C. The van der Waals surface area contributed by atoms with Gasteiger partial charge in [0, 0.05) is 46.0 Å². The van der Waals surface area contributed by atoms with Crippen molar-refractivity contribution in [2.24, 2.45) is 17.3 Å². The molecule has 41 heavy (non-hydrogen) atoms. The molecule has 0 amide bonds. The van der Waals surface area contributed by atoms with E-state index in [0.29, 0.717) is 17.6 Å². The molecule has 3 aliphatic rings. The van der Waals surface area contributed by atoms with Gasteiger partial charge in [0.25, 0.3) is 0 Å². The van der Waals surface area contributed by atoms with Gasteiger partial charge >= 0.3 is 29.8 Å². The Labute approximate surface area is 240 Å². The van der Waals surface area contributed by atoms with E-state index in [9.17, 15) is 29.1 Å². The highest BCUT2D eigenvalue weighted by atomic mass is 16.6. The van der Waals surface area contributed by atoms with Crippen LogP contribution in [-0.2, 0) is 47.7 Å². The summed E-state index contributed by atoms with van der Waals surface area (Å²) < 4.78 is 29.1. The fourth-order valence-electron chi connectivity index (χ4n) is 6.57. The number of fused-ring (bicyclic) bond motifs is 2. The standard InChI is InChI=1S/C30H42O11/c1-9-10-25(34)40-21-14-23(38-19(6)32)29(8)22(37-18(5)31)12-11-15(2)26(29)27(39-20(7)33)30(36)17(4)28(35)41-24(30)13-16(21)3/h11,13,17,21-24,26-27,36H,9-10,12,14H2,1-8H3/b16-13-/t17-,21?,22-,23+,24-,26+,27?,29+,30-/m0/s1. The summed E-state index contributed by atoms with van der Waals surface area (Å²) in [7, 11) is 0. The average molecular weight is 579 g/mol. The maximum Gasteiger partial charge on any atom is 0.312 e. The zero-order valence-electron chi connectivity index (χ0n) is 25.1. The molecule has 0 aromatic rings. The maximum atomic E-state index is 13.0. The van der Waals surface area contributed by atoms with E-state index in [0.717, 1.165) is 0 Å². The lowest BCUT2D eigenvalue weighted by molar-refractivity contribution is -0.218. The molecule has 0 radical (unpaired) electrons. The van der Waals surface area contributed by atoms with Gasteiger partial charge in [-0.1, -0.05) is 25.5 Å². The molecule has 1 aliphatic heterocycles. The van der Waals surface area contributed by atoms with Gasteiger partial charge in [0.15, 0.2) is 11.7 Å². The molecule has 2 unspecified atom stereocenters. The van der Waals surface area contributed by atoms with Crippen LogP contribution in [0.25, 0.3) is 0 Å². The molecule has 0 spiro atoms. The van der Waals surface area contributed by atoms with E-state index in [-0.39, 0.29) is 19.3 Å². The van der Waals surface area contributed by atoms with Gasteiger partial charge < -0.3 is 28.8 Å². The monoisotopic (exact) mass is 578 g/mol. The Kier molecular flexibility index (Phi) is 9.73. The van der Waals surface area contributed by atoms with Crippen LogP contribution >= 0.6 is 0 Å². The summed E-state index contributed by atoms with van der Waals surface area (Å²) >= 11 is 0. The molecule has 228 valence electrons. The van der Waals surface area contributed by atoms with Gasteiger partial charge in [-0.25, -0.2) is 0 Å². The van der Waals surface area contributed by atoms with Gasteiger partial charge in [-0.2, -0.15) is 0 Å². The van der Waals surface area contributed by atoms with Crippen LogP contribution < -0.4 is 0 Å². The molecular formula is C30H42O11. The Morgan fingerprint density at radius 3 is 2.12 bits per heavy atom. The lowest BCUT2D eigenvalue weighted by atomic mass is 9.56. The van der Waals surface area contributed by atoms with Gasteiger partial charge in [0.1, 0.15) is 24.4 Å². The van der Waals surface area contributed by atoms with Crippen LogP contribution in [0.3, 0.4) is 0 Å². The molecule has 1 heterocycles. The summed E-state index contributed by atoms with van der Waals surface area (Å²) in [5.41, 5.74) is -2.31. The summed E-state index contributed by atoms with van der Waals surface area (Å²) in [5.74, 6) is -5.17. The van der Waals surface area contributed by atoms with Gasteiger partial charge in [-0.05, 0) is 38.8 Å². The normalized spacial score (nSPS) is 38.1. The highest BCUT2D eigenvalue weighted by Gasteiger charge is 2.67. The number of carbonyl (C=O) groups is 5. The number of hydrogen-bond acceptors (Lipinski definition) is 11. The molecule has 0 aromatic carbocycles. The highest BCUT2D eigenvalue weighted by molar-refractivity contribution is 5.78. The first-order valence-electron chi connectivity index (χ1n) is 14.1. The first-order chi connectivity index (χ1) is 19.1. The third-order valence-corrected chi connectivity index (χ3v) is 8.69. The van der Waals surface area contributed by atoms with Gasteiger partial charge in [0.2, 0.25) is 0 Å². The van der Waals surface area contributed by atoms with Crippen LogP contribution in [0, 0.1) is 17.3 Å². The minimum absolute atomic E-state index is 0.0309. The van der Waals surface area contributed by atoms with Crippen molar-refractivity contribution < 1.29 is 52.8 Å². The summed E-state index contributed by atoms with van der Waals surface area (Å²) in [6, 6.07) is 0. The predicted octanol–water partition coefficient (Wildman–Crippen LogP) is 3.11. The maximum absolute atomic E-state index is 13.0. The van der Waals surface area contributed by atoms with E-state index in [2.05, 4.69) is 0 Å². The second-order valence-corrected chi connectivity index (χ2v) is 11.6. The molecule has 0 bridgehead atoms. The Bertz CT molecular complexity index is 1140. The van der Waals surface area contributed by atoms with Crippen LogP contribution in [0.15, 0.2) is 23.3 Å². The van der Waals surface area contributed by atoms with E-state index in [1.807, 2.05) is 13.0 Å². The number of carbonyl (C=O) groups excluding carboxylic acids is 5. The summed E-state index contributed by atoms with van der Waals surface area (Å²) in [6.07, 6.45) is -1.32. The fourth-order valence-corrected chi connectivity index (χ4v) is 6.57. The first kappa shape index (κ1) is 32.3. The van der Waals surface area contributed by atoms with E-state index in [4.69, 9.17) is 23.7 Å². The Morgan fingerprint density at radius 2 is 1.56 bits per heavy atom. The van der Waals surface area contributed by atoms with E-state index in [1.165, 1.54) is 33.8 Å². The molecule has 0 saturated carbocycles. The summed E-state index contributed by atoms with van der Waals surface area (Å²) in [4.78, 5) is 63.1. The third kappa shape index (κ3) is 6.19. The second-order valence-electron chi connectivity index (χ2n) is 11.6. The van der Waals surface area contributed by atoms with Crippen molar-refractivity contribution in [3.05, 3.63) is 23.3 Å². The van der Waals surface area contributed by atoms with Gasteiger partial charge in [0.05, 0.1) is 11.3 Å². The van der Waals surface area contributed by atoms with E-state index >= 15 is 0 Å². The van der Waals surface area contributed by atoms with Crippen molar-refractivity contribution in [1.82, 2.24) is 0 Å². The lowest BCUT2D eigenvalue weighted by Gasteiger charge is -2.54. The largest absolute Gasteiger partial charge is 0.462 e. The molecule has 1 fully saturated rings. The van der Waals surface area contributed by atoms with Gasteiger partial charge in [-0.3, -0.25) is 24.0 Å². The number of esters is 5. The van der Waals surface area contributed by atoms with Gasteiger partial charge in [-0.15, -0.1) is 0 Å². The number of ether oxygens (including phenoxy) is 5. The average Bonchev–Trinajstić information content (AvgIpc) is 3.07. The quantitative estimate of drug-likeness (QED) is 0.281. The van der Waals surface area contributed by atoms with E-state index < -0.39 is 83.2 Å². The zero-order chi connectivity index (χ0) is 30.9. The molecule has 0 aromatic heterocycles. The molecule has 9 atom stereocenters. The Hall–Kier alpha value is -3.21. The molecular weight excluding hydrogens is 536 g/mol. The number of hydrogen-bond donors (Lipinski definition) is 1. The second kappa shape index (κ2) is 12.3. The molecule has 11 heteroatoms. The smallest absolute Gasteiger partial charge is 0.312 e. The summed E-state index contributed by atoms with van der Waals surface area (Å²) in [5, 5.41) is 12.4. The van der Waals surface area contributed by atoms with Crippen molar-refractivity contribution in [2.45, 2.75) is 117 Å². The van der Waals surface area contributed by atoms with Crippen LogP contribution in [0.5, 0.6) is 0 Å². The fraction of sp³-hybridized carbons (Fsp3) is 0.700. The van der Waals surface area contributed by atoms with Crippen molar-refractivity contribution in [3.8, 4) is 0 Å². The predicted molar refractivity (Wildman–Crippen MR) is 144 cm³/mol. The molecule has 11 nitrogen and oxygen atoms in total. The topological polar surface area (TPSA) is 152 Å². The van der Waals surface area contributed by atoms with Crippen molar-refractivity contribution in [2.75, 3.05) is 0 Å². The molecule has 3 rings (SSSR count). The minimum Gasteiger partial charge on any atom is -0.462 e. The first-order valence-corrected chi connectivity index (χ1v) is 14.1. The molecule has 2 aliphatic carbocycles. The molecule has 1 N–H and O–H groups in total. The van der Waals surface area contributed by atoms with Crippen LogP contribution in [0.4, 0.5) is 0 Å². The summed E-state index contributed by atoms with van der Waals surface area (Å²) in [6.45, 7) is 12.2. The number of rotatable bonds is 6. The van der Waals surface area contributed by atoms with Crippen LogP contribution in [0.1, 0.15) is 81.1 Å². The van der Waals surface area contributed by atoms with Crippen LogP contribution in [0.2, 0.25) is 0 Å². The third-order valence-electron chi connectivity index (χ3n) is 8.69. The Morgan fingerprint density at radius 1 is 0.976 bits per heavy atom. The van der Waals surface area contributed by atoms with Crippen molar-refractivity contribution in [1.29, 1.82) is 0 Å². The minimum atomic E-state index is -2.08. The highest BCUT2D eigenvalue weighted by Crippen LogP contribution is 2.55. The van der Waals surface area contributed by atoms with Crippen molar-refractivity contribution >= 4 is 29.8 Å².